The van der Waals surface area contributed by atoms with E-state index in [9.17, 15) is 10.1 Å². The lowest BCUT2D eigenvalue weighted by Gasteiger charge is -2.29. The van der Waals surface area contributed by atoms with Crippen molar-refractivity contribution in [3.63, 3.8) is 0 Å². The average Bonchev–Trinajstić information content (AvgIpc) is 2.38. The molecule has 3 N–H and O–H groups in total. The van der Waals surface area contributed by atoms with Crippen LogP contribution in [0.2, 0.25) is 0 Å². The van der Waals surface area contributed by atoms with Gasteiger partial charge in [-0.1, -0.05) is 6.42 Å². The Morgan fingerprint density at radius 1 is 1.53 bits per heavy atom. The molecule has 7 heteroatoms. The van der Waals surface area contributed by atoms with Gasteiger partial charge in [-0.2, -0.15) is 11.8 Å². The molecule has 1 saturated carbocycles. The van der Waals surface area contributed by atoms with E-state index in [1.165, 1.54) is 18.9 Å². The van der Waals surface area contributed by atoms with Crippen molar-refractivity contribution in [2.45, 2.75) is 37.0 Å². The molecule has 0 amide bonds. The monoisotopic (exact) mass is 282 g/mol. The van der Waals surface area contributed by atoms with Gasteiger partial charge in [-0.15, -0.1) is 0 Å². The van der Waals surface area contributed by atoms with Crippen molar-refractivity contribution in [3.8, 4) is 0 Å². The minimum Gasteiger partial charge on any atom is -0.378 e. The van der Waals surface area contributed by atoms with Gasteiger partial charge >= 0.3 is 5.69 Å². The van der Waals surface area contributed by atoms with Crippen LogP contribution >= 0.6 is 11.8 Å². The largest absolute Gasteiger partial charge is 0.378 e. The second-order valence-electron chi connectivity index (χ2n) is 4.72. The van der Waals surface area contributed by atoms with Gasteiger partial charge in [-0.05, 0) is 31.6 Å². The van der Waals surface area contributed by atoms with E-state index in [2.05, 4.69) is 16.6 Å². The molecule has 0 aliphatic heterocycles. The smallest absolute Gasteiger partial charge is 0.311 e. The first kappa shape index (κ1) is 13.9. The molecule has 1 aromatic rings. The molecule has 0 bridgehead atoms. The highest BCUT2D eigenvalue weighted by Crippen LogP contribution is 2.29. The van der Waals surface area contributed by atoms with Crippen molar-refractivity contribution >= 4 is 29.1 Å². The van der Waals surface area contributed by atoms with E-state index in [-0.39, 0.29) is 11.5 Å². The number of nitro groups is 1. The number of nitrogen functional groups attached to an aromatic ring is 1. The first-order chi connectivity index (χ1) is 9.10. The number of pyridine rings is 1. The minimum absolute atomic E-state index is 0.0350. The summed E-state index contributed by atoms with van der Waals surface area (Å²) in [4.78, 5) is 14.2. The minimum atomic E-state index is -0.517. The molecule has 2 unspecified atom stereocenters. The molecule has 104 valence electrons. The lowest BCUT2D eigenvalue weighted by Crippen LogP contribution is -2.28. The Hall–Kier alpha value is -1.50. The molecule has 0 aromatic carbocycles. The first-order valence-electron chi connectivity index (χ1n) is 6.30. The lowest BCUT2D eigenvalue weighted by molar-refractivity contribution is -0.384. The fourth-order valence-electron chi connectivity index (χ4n) is 2.40. The van der Waals surface area contributed by atoms with Crippen LogP contribution in [-0.2, 0) is 0 Å². The summed E-state index contributed by atoms with van der Waals surface area (Å²) in [7, 11) is 0. The molecular weight excluding hydrogens is 264 g/mol. The number of hydrogen-bond donors (Lipinski definition) is 2. The van der Waals surface area contributed by atoms with Crippen molar-refractivity contribution in [2.24, 2.45) is 0 Å². The lowest BCUT2D eigenvalue weighted by atomic mass is 9.95. The number of aromatic nitrogens is 1. The van der Waals surface area contributed by atoms with Gasteiger partial charge < -0.3 is 11.1 Å². The Bertz CT molecular complexity index is 469. The van der Waals surface area contributed by atoms with Crippen molar-refractivity contribution in [3.05, 3.63) is 22.2 Å². The number of anilines is 2. The van der Waals surface area contributed by atoms with Crippen LogP contribution in [0.1, 0.15) is 25.7 Å². The van der Waals surface area contributed by atoms with Gasteiger partial charge in [0.2, 0.25) is 5.82 Å². The molecule has 1 aromatic heterocycles. The fourth-order valence-corrected chi connectivity index (χ4v) is 3.23. The van der Waals surface area contributed by atoms with Crippen molar-refractivity contribution in [1.82, 2.24) is 4.98 Å². The van der Waals surface area contributed by atoms with Crippen LogP contribution in [0.15, 0.2) is 12.1 Å². The Morgan fingerprint density at radius 2 is 2.32 bits per heavy atom. The zero-order valence-corrected chi connectivity index (χ0v) is 11.7. The summed E-state index contributed by atoms with van der Waals surface area (Å²) in [6.07, 6.45) is 6.80. The fraction of sp³-hybridized carbons (Fsp3) is 0.583. The average molecular weight is 282 g/mol. The third-order valence-electron chi connectivity index (χ3n) is 3.41. The summed E-state index contributed by atoms with van der Waals surface area (Å²) in [5, 5.41) is 14.7. The van der Waals surface area contributed by atoms with Crippen LogP contribution < -0.4 is 11.1 Å². The summed E-state index contributed by atoms with van der Waals surface area (Å²) in [5.74, 6) is 0.585. The van der Waals surface area contributed by atoms with Gasteiger partial charge in [-0.25, -0.2) is 4.98 Å². The highest BCUT2D eigenvalue weighted by molar-refractivity contribution is 7.99. The van der Waals surface area contributed by atoms with E-state index in [1.807, 2.05) is 11.8 Å². The van der Waals surface area contributed by atoms with Crippen LogP contribution in [0, 0.1) is 10.1 Å². The molecule has 0 spiro atoms. The number of nitrogens with one attached hydrogen (secondary N) is 1. The summed E-state index contributed by atoms with van der Waals surface area (Å²) >= 11 is 1.90. The highest BCUT2D eigenvalue weighted by atomic mass is 32.2. The first-order valence-corrected chi connectivity index (χ1v) is 7.59. The van der Waals surface area contributed by atoms with Gasteiger partial charge in [0.05, 0.1) is 4.92 Å². The second kappa shape index (κ2) is 6.10. The predicted octanol–water partition coefficient (Wildman–Crippen LogP) is 2.66. The molecule has 19 heavy (non-hydrogen) atoms. The van der Waals surface area contributed by atoms with E-state index in [0.29, 0.717) is 17.1 Å². The summed E-state index contributed by atoms with van der Waals surface area (Å²) in [6.45, 7) is 0. The molecule has 0 radical (unpaired) electrons. The van der Waals surface area contributed by atoms with Crippen LogP contribution in [-0.4, -0.2) is 27.5 Å². The Labute approximate surface area is 116 Å². The number of thioether (sulfide) groups is 1. The third-order valence-corrected chi connectivity index (χ3v) is 4.51. The Balaban J connectivity index is 2.03. The van der Waals surface area contributed by atoms with E-state index in [4.69, 9.17) is 5.73 Å². The second-order valence-corrected chi connectivity index (χ2v) is 5.86. The molecule has 1 heterocycles. The highest BCUT2D eigenvalue weighted by Gasteiger charge is 2.22. The molecule has 6 nitrogen and oxygen atoms in total. The van der Waals surface area contributed by atoms with Crippen molar-refractivity contribution in [2.75, 3.05) is 17.3 Å². The van der Waals surface area contributed by atoms with Crippen molar-refractivity contribution < 1.29 is 4.92 Å². The molecular formula is C12H18N4O2S. The topological polar surface area (TPSA) is 94.1 Å². The zero-order valence-electron chi connectivity index (χ0n) is 10.8. The van der Waals surface area contributed by atoms with E-state index in [1.54, 1.807) is 6.07 Å². The molecule has 2 rings (SSSR count). The molecule has 0 saturated heterocycles. The Kier molecular flexibility index (Phi) is 4.47. The van der Waals surface area contributed by atoms with Crippen LogP contribution in [0.5, 0.6) is 0 Å². The summed E-state index contributed by atoms with van der Waals surface area (Å²) in [6, 6.07) is 3.40. The van der Waals surface area contributed by atoms with E-state index in [0.717, 1.165) is 12.8 Å². The Morgan fingerprint density at radius 3 is 2.95 bits per heavy atom. The van der Waals surface area contributed by atoms with Crippen LogP contribution in [0.3, 0.4) is 0 Å². The number of nitrogens with zero attached hydrogens (tertiary/aromatic N) is 2. The van der Waals surface area contributed by atoms with Gasteiger partial charge in [0.1, 0.15) is 5.82 Å². The zero-order chi connectivity index (χ0) is 13.8. The third kappa shape index (κ3) is 3.50. The van der Waals surface area contributed by atoms with E-state index < -0.39 is 4.92 Å². The van der Waals surface area contributed by atoms with Crippen molar-refractivity contribution in [1.29, 1.82) is 0 Å². The normalized spacial score (nSPS) is 23.0. The maximum absolute atomic E-state index is 10.7. The number of rotatable bonds is 4. The van der Waals surface area contributed by atoms with Gasteiger partial charge in [0.25, 0.3) is 0 Å². The van der Waals surface area contributed by atoms with Crippen LogP contribution in [0.25, 0.3) is 0 Å². The predicted molar refractivity (Wildman–Crippen MR) is 78.5 cm³/mol. The molecule has 1 aliphatic carbocycles. The SMILES string of the molecule is CSC1CCCC(Nc2ccc([N+](=O)[O-])c(N)n2)C1. The van der Waals surface area contributed by atoms with Gasteiger partial charge in [0, 0.05) is 17.4 Å². The van der Waals surface area contributed by atoms with Gasteiger partial charge in [-0.3, -0.25) is 10.1 Å². The standard InChI is InChI=1S/C12H18N4O2S/c1-19-9-4-2-3-8(7-9)14-11-6-5-10(16(17)18)12(13)15-11/h5-6,8-9H,2-4,7H2,1H3,(H3,13,14,15). The number of hydrogen-bond acceptors (Lipinski definition) is 6. The molecule has 2 atom stereocenters. The van der Waals surface area contributed by atoms with Crippen LogP contribution in [0.4, 0.5) is 17.3 Å². The maximum Gasteiger partial charge on any atom is 0.311 e. The maximum atomic E-state index is 10.7. The summed E-state index contributed by atoms with van der Waals surface area (Å²) in [5.41, 5.74) is 5.44. The van der Waals surface area contributed by atoms with E-state index >= 15 is 0 Å². The van der Waals surface area contributed by atoms with Gasteiger partial charge in [0.15, 0.2) is 0 Å². The number of nitrogens with two attached hydrogens (primary N) is 1. The summed E-state index contributed by atoms with van der Waals surface area (Å²) < 4.78 is 0. The quantitative estimate of drug-likeness (QED) is 0.651. The molecule has 1 aliphatic rings. The molecule has 1 fully saturated rings.